The maximum Gasteiger partial charge on any atom is 0.416 e. The number of hydrogen-bond acceptors (Lipinski definition) is 4. The van der Waals surface area contributed by atoms with E-state index in [1.807, 2.05) is 0 Å². The minimum Gasteiger partial charge on any atom is -0.318 e. The molecule has 0 saturated heterocycles. The molecule has 0 fully saturated rings. The fourth-order valence-corrected chi connectivity index (χ4v) is 1.36. The fourth-order valence-electron chi connectivity index (χ4n) is 1.36. The Bertz CT molecular complexity index is 637. The number of carbonyl (C=O) groups is 2. The van der Waals surface area contributed by atoms with Crippen LogP contribution in [-0.2, 0) is 15.8 Å². The largest absolute Gasteiger partial charge is 0.416 e. The van der Waals surface area contributed by atoms with Gasteiger partial charge in [-0.1, -0.05) is 0 Å². The molecule has 0 radical (unpaired) electrons. The first kappa shape index (κ1) is 14.5. The van der Waals surface area contributed by atoms with Gasteiger partial charge in [0.1, 0.15) is 6.33 Å². The zero-order valence-electron chi connectivity index (χ0n) is 10.2. The minimum absolute atomic E-state index is 0.0254. The average Bonchev–Trinajstić information content (AvgIpc) is 2.91. The number of rotatable bonds is 2. The van der Waals surface area contributed by atoms with Gasteiger partial charge >= 0.3 is 18.0 Å². The smallest absolute Gasteiger partial charge is 0.318 e. The molecule has 1 aromatic heterocycles. The van der Waals surface area contributed by atoms with Crippen molar-refractivity contribution in [3.63, 3.8) is 0 Å². The lowest BCUT2D eigenvalue weighted by Gasteiger charge is -2.08. The van der Waals surface area contributed by atoms with Gasteiger partial charge in [0.2, 0.25) is 5.95 Å². The molecule has 0 atom stereocenters. The highest BCUT2D eigenvalue weighted by Gasteiger charge is 2.30. The quantitative estimate of drug-likeness (QED) is 0.730. The molecule has 3 N–H and O–H groups in total. The van der Waals surface area contributed by atoms with E-state index in [1.165, 1.54) is 0 Å². The second kappa shape index (κ2) is 5.61. The molecule has 7 nitrogen and oxygen atoms in total. The first-order valence-corrected chi connectivity index (χ1v) is 5.51. The van der Waals surface area contributed by atoms with Gasteiger partial charge in [-0.3, -0.25) is 14.9 Å². The molecule has 0 bridgehead atoms. The van der Waals surface area contributed by atoms with Crippen LogP contribution in [0.3, 0.4) is 0 Å². The third kappa shape index (κ3) is 3.78. The SMILES string of the molecule is O=C(Nc1ccc(C(F)(F)F)cc1)C(=O)Nc1ncn[nH]1. The van der Waals surface area contributed by atoms with Gasteiger partial charge in [-0.05, 0) is 24.3 Å². The molecule has 0 unspecified atom stereocenters. The molecule has 0 saturated carbocycles. The predicted molar refractivity (Wildman–Crippen MR) is 65.1 cm³/mol. The number of nitrogens with one attached hydrogen (secondary N) is 3. The van der Waals surface area contributed by atoms with Gasteiger partial charge in [-0.2, -0.15) is 23.3 Å². The lowest BCUT2D eigenvalue weighted by molar-refractivity contribution is -0.137. The second-order valence-corrected chi connectivity index (χ2v) is 3.82. The minimum atomic E-state index is -4.47. The van der Waals surface area contributed by atoms with Gasteiger partial charge in [0, 0.05) is 5.69 Å². The number of aromatic nitrogens is 3. The monoisotopic (exact) mass is 299 g/mol. The number of carbonyl (C=O) groups excluding carboxylic acids is 2. The average molecular weight is 299 g/mol. The van der Waals surface area contributed by atoms with Crippen molar-refractivity contribution in [2.75, 3.05) is 10.6 Å². The van der Waals surface area contributed by atoms with Crippen molar-refractivity contribution in [2.24, 2.45) is 0 Å². The predicted octanol–water partition coefficient (Wildman–Crippen LogP) is 1.40. The number of aromatic amines is 1. The van der Waals surface area contributed by atoms with Crippen molar-refractivity contribution in [2.45, 2.75) is 6.18 Å². The van der Waals surface area contributed by atoms with Crippen LogP contribution in [0, 0.1) is 0 Å². The summed E-state index contributed by atoms with van der Waals surface area (Å²) in [5, 5.41) is 10.0. The topological polar surface area (TPSA) is 99.8 Å². The molecule has 1 heterocycles. The Hall–Kier alpha value is -2.91. The van der Waals surface area contributed by atoms with E-state index in [-0.39, 0.29) is 11.6 Å². The van der Waals surface area contributed by atoms with Crippen molar-refractivity contribution in [3.05, 3.63) is 36.2 Å². The van der Waals surface area contributed by atoms with Crippen LogP contribution in [0.4, 0.5) is 24.8 Å². The molecule has 2 aromatic rings. The maximum absolute atomic E-state index is 12.4. The molecule has 1 aromatic carbocycles. The normalized spacial score (nSPS) is 11.0. The van der Waals surface area contributed by atoms with Crippen molar-refractivity contribution in [1.82, 2.24) is 15.2 Å². The lowest BCUT2D eigenvalue weighted by atomic mass is 10.2. The van der Waals surface area contributed by atoms with E-state index < -0.39 is 23.6 Å². The van der Waals surface area contributed by atoms with Gasteiger partial charge < -0.3 is 5.32 Å². The van der Waals surface area contributed by atoms with Gasteiger partial charge in [-0.25, -0.2) is 5.10 Å². The number of amides is 2. The number of H-pyrrole nitrogens is 1. The van der Waals surface area contributed by atoms with Crippen molar-refractivity contribution >= 4 is 23.5 Å². The van der Waals surface area contributed by atoms with Crippen LogP contribution in [0.25, 0.3) is 0 Å². The van der Waals surface area contributed by atoms with Crippen LogP contribution in [0.1, 0.15) is 5.56 Å². The van der Waals surface area contributed by atoms with Crippen LogP contribution >= 0.6 is 0 Å². The van der Waals surface area contributed by atoms with E-state index in [4.69, 9.17) is 0 Å². The third-order valence-corrected chi connectivity index (χ3v) is 2.32. The zero-order valence-corrected chi connectivity index (χ0v) is 10.2. The van der Waals surface area contributed by atoms with E-state index in [1.54, 1.807) is 0 Å². The highest BCUT2D eigenvalue weighted by Crippen LogP contribution is 2.29. The van der Waals surface area contributed by atoms with Crippen LogP contribution in [0.2, 0.25) is 0 Å². The van der Waals surface area contributed by atoms with Crippen molar-refractivity contribution in [1.29, 1.82) is 0 Å². The lowest BCUT2D eigenvalue weighted by Crippen LogP contribution is -2.29. The number of halogens is 3. The summed E-state index contributed by atoms with van der Waals surface area (Å²) in [6, 6.07) is 3.68. The van der Waals surface area contributed by atoms with E-state index in [0.717, 1.165) is 30.6 Å². The highest BCUT2D eigenvalue weighted by atomic mass is 19.4. The summed E-state index contributed by atoms with van der Waals surface area (Å²) < 4.78 is 37.1. The Labute approximate surface area is 115 Å². The van der Waals surface area contributed by atoms with Gasteiger partial charge in [0.05, 0.1) is 5.56 Å². The third-order valence-electron chi connectivity index (χ3n) is 2.32. The molecular weight excluding hydrogens is 291 g/mol. The summed E-state index contributed by atoms with van der Waals surface area (Å²) in [5.74, 6) is -2.11. The van der Waals surface area contributed by atoms with Crippen LogP contribution in [0.15, 0.2) is 30.6 Å². The summed E-state index contributed by atoms with van der Waals surface area (Å²) >= 11 is 0. The number of alkyl halides is 3. The number of benzene rings is 1. The summed E-state index contributed by atoms with van der Waals surface area (Å²) in [4.78, 5) is 26.5. The van der Waals surface area contributed by atoms with E-state index in [2.05, 4.69) is 25.8 Å². The Balaban J connectivity index is 1.98. The second-order valence-electron chi connectivity index (χ2n) is 3.82. The number of nitrogens with zero attached hydrogens (tertiary/aromatic N) is 2. The molecule has 0 spiro atoms. The first-order valence-electron chi connectivity index (χ1n) is 5.51. The van der Waals surface area contributed by atoms with Crippen LogP contribution in [0.5, 0.6) is 0 Å². The van der Waals surface area contributed by atoms with Gasteiger partial charge in [0.15, 0.2) is 0 Å². The van der Waals surface area contributed by atoms with E-state index in [9.17, 15) is 22.8 Å². The van der Waals surface area contributed by atoms with Crippen molar-refractivity contribution in [3.8, 4) is 0 Å². The molecule has 21 heavy (non-hydrogen) atoms. The maximum atomic E-state index is 12.4. The standard InChI is InChI=1S/C11H8F3N5O2/c12-11(13,14)6-1-3-7(4-2-6)17-8(20)9(21)18-10-15-5-16-19-10/h1-5H,(H,17,20)(H2,15,16,18,19,21). The zero-order chi connectivity index (χ0) is 15.5. The number of hydrogen-bond donors (Lipinski definition) is 3. The fraction of sp³-hybridized carbons (Fsp3) is 0.0909. The molecule has 0 aliphatic carbocycles. The molecule has 10 heteroatoms. The molecule has 0 aliphatic heterocycles. The summed E-state index contributed by atoms with van der Waals surface area (Å²) in [6.45, 7) is 0. The van der Waals surface area contributed by atoms with E-state index in [0.29, 0.717) is 0 Å². The van der Waals surface area contributed by atoms with Crippen LogP contribution in [-0.4, -0.2) is 27.0 Å². The van der Waals surface area contributed by atoms with Crippen LogP contribution < -0.4 is 10.6 Å². The summed E-state index contributed by atoms with van der Waals surface area (Å²) in [7, 11) is 0. The summed E-state index contributed by atoms with van der Waals surface area (Å²) in [6.07, 6.45) is -3.34. The molecular formula is C11H8F3N5O2. The van der Waals surface area contributed by atoms with E-state index >= 15 is 0 Å². The Morgan fingerprint density at radius 3 is 2.19 bits per heavy atom. The molecule has 110 valence electrons. The Morgan fingerprint density at radius 2 is 1.67 bits per heavy atom. The summed E-state index contributed by atoms with van der Waals surface area (Å²) in [5.41, 5.74) is -0.799. The molecule has 2 rings (SSSR count). The van der Waals surface area contributed by atoms with Crippen molar-refractivity contribution < 1.29 is 22.8 Å². The highest BCUT2D eigenvalue weighted by molar-refractivity contribution is 6.43. The van der Waals surface area contributed by atoms with Gasteiger partial charge in [0.25, 0.3) is 0 Å². The Kier molecular flexibility index (Phi) is 3.87. The molecule has 0 aliphatic rings. The number of anilines is 2. The Morgan fingerprint density at radius 1 is 1.05 bits per heavy atom. The van der Waals surface area contributed by atoms with Gasteiger partial charge in [-0.15, -0.1) is 0 Å². The first-order chi connectivity index (χ1) is 9.86. The molecule has 2 amide bonds.